The summed E-state index contributed by atoms with van der Waals surface area (Å²) in [4.78, 5) is 2.46. The van der Waals surface area contributed by atoms with Gasteiger partial charge in [0, 0.05) is 16.6 Å². The normalized spacial score (nSPS) is 12.7. The first-order valence-electron chi connectivity index (χ1n) is 21.0. The smallest absolute Gasteiger partial charge is 0.137 e. The molecule has 1 aliphatic carbocycles. The minimum absolute atomic E-state index is 0.549. The zero-order valence-electron chi connectivity index (χ0n) is 33.4. The Morgan fingerprint density at radius 1 is 0.344 bits per heavy atom. The number of hydrogen-bond donors (Lipinski definition) is 0. The van der Waals surface area contributed by atoms with E-state index in [2.05, 4.69) is 241 Å². The van der Waals surface area contributed by atoms with Crippen LogP contribution in [0.15, 0.2) is 241 Å². The lowest BCUT2D eigenvalue weighted by atomic mass is 9.67. The SMILES string of the molecule is c1ccc(-c2ccc3oc4cccc(N(c5cccc(C6(c7ccccc7)c7ccccc7-c7ccccc76)c5)c5ccccc5-c5ccc6ccccc6c5)c4c3c2)cc1. The van der Waals surface area contributed by atoms with Crippen LogP contribution in [-0.2, 0) is 5.41 Å². The summed E-state index contributed by atoms with van der Waals surface area (Å²) in [6.45, 7) is 0. The molecule has 0 radical (unpaired) electrons. The van der Waals surface area contributed by atoms with Crippen LogP contribution in [0.3, 0.4) is 0 Å². The highest BCUT2D eigenvalue weighted by atomic mass is 16.3. The molecule has 0 N–H and O–H groups in total. The predicted molar refractivity (Wildman–Crippen MR) is 254 cm³/mol. The van der Waals surface area contributed by atoms with Gasteiger partial charge in [-0.25, -0.2) is 0 Å². The van der Waals surface area contributed by atoms with Gasteiger partial charge >= 0.3 is 0 Å². The van der Waals surface area contributed by atoms with Crippen molar-refractivity contribution in [1.29, 1.82) is 0 Å². The third kappa shape index (κ3) is 5.50. The first kappa shape index (κ1) is 35.0. The van der Waals surface area contributed by atoms with Crippen LogP contribution < -0.4 is 4.90 Å². The number of para-hydroxylation sites is 1. The monoisotopic (exact) mass is 777 g/mol. The van der Waals surface area contributed by atoms with E-state index in [0.29, 0.717) is 0 Å². The van der Waals surface area contributed by atoms with Crippen LogP contribution in [0.2, 0.25) is 0 Å². The molecule has 10 aromatic carbocycles. The van der Waals surface area contributed by atoms with Crippen LogP contribution in [0.25, 0.3) is 66.1 Å². The summed E-state index contributed by atoms with van der Waals surface area (Å²) in [6, 6.07) is 86.1. The van der Waals surface area contributed by atoms with Crippen molar-refractivity contribution < 1.29 is 4.42 Å². The number of anilines is 3. The van der Waals surface area contributed by atoms with E-state index in [1.165, 1.54) is 49.7 Å². The first-order chi connectivity index (χ1) is 30.3. The van der Waals surface area contributed by atoms with E-state index in [4.69, 9.17) is 4.42 Å². The maximum Gasteiger partial charge on any atom is 0.137 e. The van der Waals surface area contributed by atoms with E-state index in [0.717, 1.165) is 55.7 Å². The molecule has 11 aromatic rings. The number of furan rings is 1. The Balaban J connectivity index is 1.15. The van der Waals surface area contributed by atoms with Gasteiger partial charge in [0.1, 0.15) is 11.2 Å². The molecule has 12 rings (SSSR count). The number of rotatable bonds is 7. The number of benzene rings is 10. The van der Waals surface area contributed by atoms with E-state index in [-0.39, 0.29) is 0 Å². The lowest BCUT2D eigenvalue weighted by molar-refractivity contribution is 0.669. The van der Waals surface area contributed by atoms with E-state index < -0.39 is 5.41 Å². The molecular weight excluding hydrogens is 739 g/mol. The Labute approximate surface area is 355 Å². The summed E-state index contributed by atoms with van der Waals surface area (Å²) >= 11 is 0. The third-order valence-corrected chi connectivity index (χ3v) is 12.7. The Bertz CT molecular complexity index is 3390. The van der Waals surface area contributed by atoms with Crippen molar-refractivity contribution in [3.63, 3.8) is 0 Å². The van der Waals surface area contributed by atoms with Gasteiger partial charge in [-0.05, 0) is 109 Å². The Kier molecular flexibility index (Phi) is 8.11. The molecule has 286 valence electrons. The van der Waals surface area contributed by atoms with Crippen molar-refractivity contribution in [1.82, 2.24) is 0 Å². The average Bonchev–Trinajstić information content (AvgIpc) is 3.86. The maximum absolute atomic E-state index is 6.70. The largest absolute Gasteiger partial charge is 0.456 e. The van der Waals surface area contributed by atoms with Gasteiger partial charge in [0.2, 0.25) is 0 Å². The highest BCUT2D eigenvalue weighted by Crippen LogP contribution is 2.57. The van der Waals surface area contributed by atoms with Gasteiger partial charge < -0.3 is 9.32 Å². The van der Waals surface area contributed by atoms with Crippen molar-refractivity contribution in [2.24, 2.45) is 0 Å². The molecule has 61 heavy (non-hydrogen) atoms. The van der Waals surface area contributed by atoms with Gasteiger partial charge in [-0.1, -0.05) is 188 Å². The van der Waals surface area contributed by atoms with Gasteiger partial charge in [-0.15, -0.1) is 0 Å². The van der Waals surface area contributed by atoms with Gasteiger partial charge in [-0.2, -0.15) is 0 Å². The molecule has 0 atom stereocenters. The highest BCUT2D eigenvalue weighted by Gasteiger charge is 2.46. The molecule has 2 nitrogen and oxygen atoms in total. The molecule has 0 bridgehead atoms. The number of fused-ring (bicyclic) bond motifs is 7. The Hall–Kier alpha value is -7.94. The lowest BCUT2D eigenvalue weighted by Crippen LogP contribution is -2.28. The van der Waals surface area contributed by atoms with Crippen LogP contribution in [0.4, 0.5) is 17.1 Å². The first-order valence-corrected chi connectivity index (χ1v) is 21.0. The van der Waals surface area contributed by atoms with Crippen LogP contribution >= 0.6 is 0 Å². The van der Waals surface area contributed by atoms with E-state index in [9.17, 15) is 0 Å². The van der Waals surface area contributed by atoms with E-state index in [1.807, 2.05) is 0 Å². The molecule has 1 aromatic heterocycles. The molecule has 2 heteroatoms. The van der Waals surface area contributed by atoms with Gasteiger partial charge in [0.15, 0.2) is 0 Å². The van der Waals surface area contributed by atoms with Crippen molar-refractivity contribution in [2.45, 2.75) is 5.41 Å². The standard InChI is InChI=1S/C59H39NO/c1-3-17-40(18-4-1)43-35-36-56-51(38-43)58-55(31-16-32-57(58)61-56)60(54-30-14-11-25-48(54)44-34-33-41-19-7-8-20-42(41)37-44)47-24-15-23-46(39-47)59(45-21-5-2-6-22-45)52-28-12-9-26-49(52)50-27-10-13-29-53(50)59/h1-39H. The highest BCUT2D eigenvalue weighted by molar-refractivity contribution is 6.15. The second-order valence-corrected chi connectivity index (χ2v) is 16.0. The molecule has 0 amide bonds. The molecule has 1 heterocycles. The van der Waals surface area contributed by atoms with E-state index in [1.54, 1.807) is 0 Å². The summed E-state index contributed by atoms with van der Waals surface area (Å²) in [7, 11) is 0. The van der Waals surface area contributed by atoms with Crippen LogP contribution in [0.5, 0.6) is 0 Å². The van der Waals surface area contributed by atoms with Crippen LogP contribution in [0, 0.1) is 0 Å². The van der Waals surface area contributed by atoms with Crippen molar-refractivity contribution in [2.75, 3.05) is 4.90 Å². The quantitative estimate of drug-likeness (QED) is 0.160. The average molecular weight is 778 g/mol. The molecule has 0 spiro atoms. The van der Waals surface area contributed by atoms with Crippen molar-refractivity contribution >= 4 is 49.8 Å². The van der Waals surface area contributed by atoms with Gasteiger partial charge in [-0.3, -0.25) is 0 Å². The summed E-state index contributed by atoms with van der Waals surface area (Å²) in [6.07, 6.45) is 0. The van der Waals surface area contributed by atoms with E-state index >= 15 is 0 Å². The van der Waals surface area contributed by atoms with Crippen LogP contribution in [0.1, 0.15) is 22.3 Å². The molecule has 1 aliphatic rings. The molecule has 0 unspecified atom stereocenters. The maximum atomic E-state index is 6.70. The minimum atomic E-state index is -0.549. The molecule has 0 saturated carbocycles. The summed E-state index contributed by atoms with van der Waals surface area (Å²) in [5, 5.41) is 4.59. The second-order valence-electron chi connectivity index (χ2n) is 16.0. The number of hydrogen-bond acceptors (Lipinski definition) is 2. The predicted octanol–water partition coefficient (Wildman–Crippen LogP) is 15.9. The summed E-state index contributed by atoms with van der Waals surface area (Å²) in [5.41, 5.74) is 16.5. The topological polar surface area (TPSA) is 16.4 Å². The molecular formula is C59H39NO. The fourth-order valence-corrected chi connectivity index (χ4v) is 10.1. The molecule has 0 aliphatic heterocycles. The fraction of sp³-hybridized carbons (Fsp3) is 0.0169. The fourth-order valence-electron chi connectivity index (χ4n) is 10.1. The van der Waals surface area contributed by atoms with Gasteiger partial charge in [0.25, 0.3) is 0 Å². The third-order valence-electron chi connectivity index (χ3n) is 12.7. The minimum Gasteiger partial charge on any atom is -0.456 e. The van der Waals surface area contributed by atoms with Crippen molar-refractivity contribution in [3.05, 3.63) is 259 Å². The number of nitrogens with zero attached hydrogens (tertiary/aromatic N) is 1. The summed E-state index contributed by atoms with van der Waals surface area (Å²) < 4.78 is 6.70. The Morgan fingerprint density at radius 2 is 0.951 bits per heavy atom. The van der Waals surface area contributed by atoms with Gasteiger partial charge in [0.05, 0.1) is 22.2 Å². The van der Waals surface area contributed by atoms with Crippen LogP contribution in [-0.4, -0.2) is 0 Å². The summed E-state index contributed by atoms with van der Waals surface area (Å²) in [5.74, 6) is 0. The molecule has 0 fully saturated rings. The second kappa shape index (κ2) is 14.1. The molecule has 0 saturated heterocycles. The Morgan fingerprint density at radius 3 is 1.74 bits per heavy atom. The van der Waals surface area contributed by atoms with Crippen molar-refractivity contribution in [3.8, 4) is 33.4 Å². The zero-order valence-corrected chi connectivity index (χ0v) is 33.4. The zero-order chi connectivity index (χ0) is 40.3. The lowest BCUT2D eigenvalue weighted by Gasteiger charge is -2.35.